The third kappa shape index (κ3) is 4.08. The maximum Gasteiger partial charge on any atom is 0.266 e. The lowest BCUT2D eigenvalue weighted by Crippen LogP contribution is -2.32. The van der Waals surface area contributed by atoms with E-state index in [1.54, 1.807) is 15.5 Å². The average molecular weight is 466 g/mol. The van der Waals surface area contributed by atoms with Gasteiger partial charge in [0.1, 0.15) is 0 Å². The number of para-hydroxylation sites is 2. The maximum atomic E-state index is 13.4. The Bertz CT molecular complexity index is 1540. The Morgan fingerprint density at radius 3 is 2.32 bits per heavy atom. The van der Waals surface area contributed by atoms with Gasteiger partial charge in [0.15, 0.2) is 5.16 Å². The topological polar surface area (TPSA) is 55.2 Å². The summed E-state index contributed by atoms with van der Waals surface area (Å²) >= 11 is 1.28. The predicted molar refractivity (Wildman–Crippen MR) is 140 cm³/mol. The van der Waals surface area contributed by atoms with Crippen LogP contribution in [-0.2, 0) is 4.79 Å². The first-order chi connectivity index (χ1) is 16.7. The average Bonchev–Trinajstić information content (AvgIpc) is 2.88. The molecule has 0 fully saturated rings. The molecule has 0 unspecified atom stereocenters. The molecular formula is C28H23N3O2S. The Morgan fingerprint density at radius 1 is 0.853 bits per heavy atom. The molecule has 5 rings (SSSR count). The fourth-order valence-electron chi connectivity index (χ4n) is 4.14. The highest BCUT2D eigenvalue weighted by Crippen LogP contribution is 2.28. The van der Waals surface area contributed by atoms with Crippen LogP contribution >= 0.6 is 11.8 Å². The van der Waals surface area contributed by atoms with E-state index in [9.17, 15) is 9.59 Å². The number of benzene rings is 4. The highest BCUT2D eigenvalue weighted by molar-refractivity contribution is 7.99. The Kier molecular flexibility index (Phi) is 6.14. The van der Waals surface area contributed by atoms with Gasteiger partial charge in [-0.3, -0.25) is 14.2 Å². The molecule has 0 radical (unpaired) electrons. The maximum absolute atomic E-state index is 13.4. The number of carbonyl (C=O) groups excluding carboxylic acids is 1. The van der Waals surface area contributed by atoms with Gasteiger partial charge in [0.05, 0.1) is 28.0 Å². The van der Waals surface area contributed by atoms with Gasteiger partial charge in [-0.25, -0.2) is 4.98 Å². The van der Waals surface area contributed by atoms with E-state index in [1.165, 1.54) is 11.8 Å². The third-order valence-electron chi connectivity index (χ3n) is 5.76. The monoisotopic (exact) mass is 465 g/mol. The van der Waals surface area contributed by atoms with Crippen molar-refractivity contribution in [2.75, 3.05) is 17.2 Å². The molecule has 0 bridgehead atoms. The first-order valence-corrected chi connectivity index (χ1v) is 12.1. The van der Waals surface area contributed by atoms with Gasteiger partial charge < -0.3 is 4.90 Å². The molecule has 0 saturated heterocycles. The van der Waals surface area contributed by atoms with Crippen molar-refractivity contribution in [3.8, 4) is 5.69 Å². The molecule has 0 aliphatic heterocycles. The van der Waals surface area contributed by atoms with Gasteiger partial charge in [0.2, 0.25) is 5.91 Å². The van der Waals surface area contributed by atoms with Crippen molar-refractivity contribution in [1.82, 2.24) is 9.55 Å². The van der Waals surface area contributed by atoms with Crippen molar-refractivity contribution in [2.24, 2.45) is 0 Å². The first kappa shape index (κ1) is 21.9. The standard InChI is InChI=1S/C28H23N3O2S/c1-2-30(25-18-10-12-20-11-6-7-15-22(20)25)26(32)19-34-28-29-24-17-9-8-16-23(24)27(33)31(28)21-13-4-3-5-14-21/h3-18H,2,19H2,1H3. The normalized spacial score (nSPS) is 11.1. The third-order valence-corrected chi connectivity index (χ3v) is 6.68. The molecule has 6 heteroatoms. The van der Waals surface area contributed by atoms with Gasteiger partial charge in [-0.2, -0.15) is 0 Å². The number of anilines is 1. The minimum atomic E-state index is -0.145. The number of nitrogens with zero attached hydrogens (tertiary/aromatic N) is 3. The van der Waals surface area contributed by atoms with E-state index in [-0.39, 0.29) is 17.2 Å². The van der Waals surface area contributed by atoms with Gasteiger partial charge in [-0.15, -0.1) is 0 Å². The van der Waals surface area contributed by atoms with Crippen molar-refractivity contribution >= 4 is 45.0 Å². The summed E-state index contributed by atoms with van der Waals surface area (Å²) in [6, 6.07) is 30.8. The largest absolute Gasteiger partial charge is 0.311 e. The highest BCUT2D eigenvalue weighted by Gasteiger charge is 2.19. The van der Waals surface area contributed by atoms with Crippen molar-refractivity contribution in [3.05, 3.63) is 107 Å². The van der Waals surface area contributed by atoms with E-state index in [4.69, 9.17) is 4.98 Å². The van der Waals surface area contributed by atoms with Crippen LogP contribution in [0.4, 0.5) is 5.69 Å². The molecule has 1 aromatic heterocycles. The molecule has 0 aliphatic rings. The molecule has 0 atom stereocenters. The van der Waals surface area contributed by atoms with Crippen LogP contribution in [-0.4, -0.2) is 27.8 Å². The second-order valence-corrected chi connectivity index (χ2v) is 8.76. The molecule has 5 nitrogen and oxygen atoms in total. The number of thioether (sulfide) groups is 1. The van der Waals surface area contributed by atoms with Crippen molar-refractivity contribution in [1.29, 1.82) is 0 Å². The lowest BCUT2D eigenvalue weighted by molar-refractivity contribution is -0.116. The van der Waals surface area contributed by atoms with E-state index in [2.05, 4.69) is 0 Å². The predicted octanol–water partition coefficient (Wildman–Crippen LogP) is 5.68. The molecular weight excluding hydrogens is 442 g/mol. The van der Waals surface area contributed by atoms with Crippen molar-refractivity contribution < 1.29 is 4.79 Å². The van der Waals surface area contributed by atoms with Crippen LogP contribution in [0.5, 0.6) is 0 Å². The molecule has 1 heterocycles. The van der Waals surface area contributed by atoms with E-state index >= 15 is 0 Å². The summed E-state index contributed by atoms with van der Waals surface area (Å²) in [6.07, 6.45) is 0. The van der Waals surface area contributed by atoms with Crippen molar-refractivity contribution in [2.45, 2.75) is 12.1 Å². The minimum Gasteiger partial charge on any atom is -0.311 e. The van der Waals surface area contributed by atoms with Gasteiger partial charge in [-0.05, 0) is 42.6 Å². The number of carbonyl (C=O) groups is 1. The summed E-state index contributed by atoms with van der Waals surface area (Å²) in [5.41, 5.74) is 2.09. The molecule has 0 N–H and O–H groups in total. The fraction of sp³-hybridized carbons (Fsp3) is 0.107. The molecule has 168 valence electrons. The zero-order chi connectivity index (χ0) is 23.5. The van der Waals surface area contributed by atoms with E-state index in [0.717, 1.165) is 22.1 Å². The summed E-state index contributed by atoms with van der Waals surface area (Å²) in [5.74, 6) is 0.125. The van der Waals surface area contributed by atoms with Gasteiger partial charge in [0, 0.05) is 11.9 Å². The minimum absolute atomic E-state index is 0.0362. The highest BCUT2D eigenvalue weighted by atomic mass is 32.2. The number of rotatable bonds is 6. The summed E-state index contributed by atoms with van der Waals surface area (Å²) < 4.78 is 1.59. The van der Waals surface area contributed by atoms with Crippen LogP contribution in [0.3, 0.4) is 0 Å². The lowest BCUT2D eigenvalue weighted by atomic mass is 10.1. The van der Waals surface area contributed by atoms with Gasteiger partial charge >= 0.3 is 0 Å². The molecule has 0 spiro atoms. The SMILES string of the molecule is CCN(C(=O)CSc1nc2ccccc2c(=O)n1-c1ccccc1)c1cccc2ccccc12. The zero-order valence-electron chi connectivity index (χ0n) is 18.7. The Labute approximate surface area is 201 Å². The summed E-state index contributed by atoms with van der Waals surface area (Å²) in [6.45, 7) is 2.52. The number of amides is 1. The number of fused-ring (bicyclic) bond motifs is 2. The smallest absolute Gasteiger partial charge is 0.266 e. The number of hydrogen-bond donors (Lipinski definition) is 0. The fourth-order valence-corrected chi connectivity index (χ4v) is 5.03. The van der Waals surface area contributed by atoms with Crippen LogP contribution in [0.15, 0.2) is 107 Å². The van der Waals surface area contributed by atoms with E-state index in [1.807, 2.05) is 97.9 Å². The Morgan fingerprint density at radius 2 is 1.53 bits per heavy atom. The molecule has 1 amide bonds. The zero-order valence-corrected chi connectivity index (χ0v) is 19.5. The van der Waals surface area contributed by atoms with Crippen LogP contribution < -0.4 is 10.5 Å². The molecule has 5 aromatic rings. The van der Waals surface area contributed by atoms with Gasteiger partial charge in [-0.1, -0.05) is 78.5 Å². The molecule has 34 heavy (non-hydrogen) atoms. The molecule has 0 saturated carbocycles. The Balaban J connectivity index is 1.51. The van der Waals surface area contributed by atoms with Crippen LogP contribution in [0.25, 0.3) is 27.4 Å². The van der Waals surface area contributed by atoms with Crippen LogP contribution in [0, 0.1) is 0 Å². The van der Waals surface area contributed by atoms with E-state index in [0.29, 0.717) is 22.6 Å². The number of hydrogen-bond acceptors (Lipinski definition) is 4. The van der Waals surface area contributed by atoms with E-state index < -0.39 is 0 Å². The first-order valence-electron chi connectivity index (χ1n) is 11.2. The second-order valence-electron chi connectivity index (χ2n) is 7.81. The summed E-state index contributed by atoms with van der Waals surface area (Å²) in [4.78, 5) is 33.3. The Hall–Kier alpha value is -3.90. The lowest BCUT2D eigenvalue weighted by Gasteiger charge is -2.23. The molecule has 4 aromatic carbocycles. The van der Waals surface area contributed by atoms with Crippen LogP contribution in [0.2, 0.25) is 0 Å². The van der Waals surface area contributed by atoms with Crippen molar-refractivity contribution in [3.63, 3.8) is 0 Å². The van der Waals surface area contributed by atoms with Crippen LogP contribution in [0.1, 0.15) is 6.92 Å². The quantitative estimate of drug-likeness (QED) is 0.239. The summed E-state index contributed by atoms with van der Waals surface area (Å²) in [7, 11) is 0. The van der Waals surface area contributed by atoms with Gasteiger partial charge in [0.25, 0.3) is 5.56 Å². The second kappa shape index (κ2) is 9.53. The molecule has 0 aliphatic carbocycles. The number of aromatic nitrogens is 2. The summed E-state index contributed by atoms with van der Waals surface area (Å²) in [5, 5.41) is 3.17.